The van der Waals surface area contributed by atoms with Crippen molar-refractivity contribution in [2.75, 3.05) is 5.73 Å². The van der Waals surface area contributed by atoms with Gasteiger partial charge >= 0.3 is 6.18 Å². The third kappa shape index (κ3) is 4.32. The molecule has 166 valence electrons. The van der Waals surface area contributed by atoms with E-state index in [9.17, 15) is 26.4 Å². The number of amides is 1. The number of halogens is 3. The molecule has 2 saturated carbocycles. The van der Waals surface area contributed by atoms with Crippen LogP contribution in [-0.2, 0) is 14.6 Å². The normalized spacial score (nSPS) is 20.9. The first kappa shape index (κ1) is 21.4. The van der Waals surface area contributed by atoms with Gasteiger partial charge in [0.1, 0.15) is 5.82 Å². The summed E-state index contributed by atoms with van der Waals surface area (Å²) >= 11 is 0. The molecule has 1 aromatic carbocycles. The summed E-state index contributed by atoms with van der Waals surface area (Å²) in [6.45, 7) is 1.58. The molecule has 0 bridgehead atoms. The predicted octanol–water partition coefficient (Wildman–Crippen LogP) is 3.29. The second-order valence-electron chi connectivity index (χ2n) is 7.91. The number of carbonyl (C=O) groups excluding carboxylic acids is 1. The summed E-state index contributed by atoms with van der Waals surface area (Å²) in [7, 11) is -4.30. The molecule has 2 fully saturated rings. The van der Waals surface area contributed by atoms with Crippen LogP contribution >= 0.6 is 0 Å². The van der Waals surface area contributed by atoms with Gasteiger partial charge in [-0.1, -0.05) is 6.07 Å². The minimum Gasteiger partial charge on any atom is -0.384 e. The minimum absolute atomic E-state index is 0.0389. The van der Waals surface area contributed by atoms with Crippen molar-refractivity contribution in [1.29, 1.82) is 0 Å². The van der Waals surface area contributed by atoms with Crippen LogP contribution in [0.25, 0.3) is 0 Å². The number of aromatic nitrogens is 1. The highest BCUT2D eigenvalue weighted by Gasteiger charge is 2.58. The fraction of sp³-hybridized carbons (Fsp3) is 0.400. The zero-order chi connectivity index (χ0) is 22.6. The smallest absolute Gasteiger partial charge is 0.384 e. The molecule has 2 aliphatic rings. The van der Waals surface area contributed by atoms with Crippen LogP contribution in [0, 0.1) is 18.8 Å². The largest absolute Gasteiger partial charge is 0.392 e. The van der Waals surface area contributed by atoms with Gasteiger partial charge < -0.3 is 10.6 Å². The van der Waals surface area contributed by atoms with Crippen LogP contribution in [0.2, 0.25) is 0 Å². The van der Waals surface area contributed by atoms with Crippen molar-refractivity contribution in [3.8, 4) is 5.75 Å². The van der Waals surface area contributed by atoms with Crippen molar-refractivity contribution in [1.82, 2.24) is 10.5 Å². The Hall–Kier alpha value is -2.82. The van der Waals surface area contributed by atoms with Gasteiger partial charge in [0, 0.05) is 17.4 Å². The summed E-state index contributed by atoms with van der Waals surface area (Å²) in [6.07, 6.45) is -3.35. The molecule has 2 aromatic rings. The molecule has 1 amide bonds. The first-order valence-electron chi connectivity index (χ1n) is 9.64. The van der Waals surface area contributed by atoms with Crippen molar-refractivity contribution in [3.05, 3.63) is 41.5 Å². The number of benzene rings is 1. The van der Waals surface area contributed by atoms with Crippen LogP contribution < -0.4 is 16.1 Å². The number of alkyl halides is 3. The van der Waals surface area contributed by atoms with E-state index < -0.39 is 33.8 Å². The van der Waals surface area contributed by atoms with Crippen molar-refractivity contribution in [2.45, 2.75) is 48.2 Å². The van der Waals surface area contributed by atoms with Crippen LogP contribution in [0.5, 0.6) is 5.75 Å². The van der Waals surface area contributed by atoms with Crippen LogP contribution in [0.1, 0.15) is 36.3 Å². The molecule has 11 heteroatoms. The highest BCUT2D eigenvalue weighted by atomic mass is 32.2. The van der Waals surface area contributed by atoms with Gasteiger partial charge in [0.05, 0.1) is 10.8 Å². The fourth-order valence-electron chi connectivity index (χ4n) is 3.51. The van der Waals surface area contributed by atoms with E-state index in [1.165, 1.54) is 30.3 Å². The molecule has 4 rings (SSSR count). The van der Waals surface area contributed by atoms with E-state index in [0.29, 0.717) is 18.4 Å². The molecular formula is C20H20F3N3O4S. The number of nitrogen functional groups attached to an aromatic ring is 1. The highest BCUT2D eigenvalue weighted by Crippen LogP contribution is 2.59. The Bertz CT molecular complexity index is 1150. The SMILES string of the molecule is Cc1cc(ONC(=O)C2CC2)c(C2CC2C(F)(F)F)c(S(=O)(=O)c2cccc(N)n2)c1. The molecule has 0 aliphatic heterocycles. The van der Waals surface area contributed by atoms with E-state index in [0.717, 1.165) is 0 Å². The van der Waals surface area contributed by atoms with Gasteiger partial charge in [0.15, 0.2) is 10.8 Å². The molecule has 0 spiro atoms. The third-order valence-electron chi connectivity index (χ3n) is 5.35. The summed E-state index contributed by atoms with van der Waals surface area (Å²) in [5.41, 5.74) is 8.16. The summed E-state index contributed by atoms with van der Waals surface area (Å²) in [5.74, 6) is -3.55. The molecule has 3 N–H and O–H groups in total. The van der Waals surface area contributed by atoms with Crippen molar-refractivity contribution in [2.24, 2.45) is 11.8 Å². The summed E-state index contributed by atoms with van der Waals surface area (Å²) in [4.78, 5) is 20.8. The number of nitrogens with two attached hydrogens (primary N) is 1. The molecular weight excluding hydrogens is 435 g/mol. The van der Waals surface area contributed by atoms with Crippen LogP contribution in [0.15, 0.2) is 40.3 Å². The number of hydroxylamine groups is 1. The number of nitrogens with zero attached hydrogens (tertiary/aromatic N) is 1. The van der Waals surface area contributed by atoms with Crippen LogP contribution in [-0.4, -0.2) is 25.5 Å². The first-order chi connectivity index (χ1) is 14.5. The maximum atomic E-state index is 13.3. The van der Waals surface area contributed by atoms with E-state index in [-0.39, 0.29) is 39.4 Å². The number of hydrogen-bond donors (Lipinski definition) is 2. The molecule has 2 unspecified atom stereocenters. The van der Waals surface area contributed by atoms with Gasteiger partial charge in [0.2, 0.25) is 9.84 Å². The zero-order valence-electron chi connectivity index (χ0n) is 16.4. The van der Waals surface area contributed by atoms with E-state index in [1.54, 1.807) is 6.92 Å². The monoisotopic (exact) mass is 455 g/mol. The van der Waals surface area contributed by atoms with Gasteiger partial charge in [-0.3, -0.25) is 4.79 Å². The van der Waals surface area contributed by atoms with Gasteiger partial charge in [0.25, 0.3) is 5.91 Å². The zero-order valence-corrected chi connectivity index (χ0v) is 17.3. The second kappa shape index (κ2) is 7.40. The van der Waals surface area contributed by atoms with Crippen LogP contribution in [0.3, 0.4) is 0 Å². The van der Waals surface area contributed by atoms with Crippen molar-refractivity contribution < 1.29 is 31.2 Å². The van der Waals surface area contributed by atoms with Crippen molar-refractivity contribution in [3.63, 3.8) is 0 Å². The first-order valence-corrected chi connectivity index (χ1v) is 11.1. The van der Waals surface area contributed by atoms with E-state index in [2.05, 4.69) is 10.5 Å². The number of nitrogens with one attached hydrogen (secondary N) is 1. The van der Waals surface area contributed by atoms with Gasteiger partial charge in [-0.05, 0) is 56.0 Å². The summed E-state index contributed by atoms with van der Waals surface area (Å²) < 4.78 is 66.6. The topological polar surface area (TPSA) is 111 Å². The molecule has 2 aliphatic carbocycles. The number of aryl methyl sites for hydroxylation is 1. The molecule has 7 nitrogen and oxygen atoms in total. The fourth-order valence-corrected chi connectivity index (χ4v) is 5.10. The summed E-state index contributed by atoms with van der Waals surface area (Å²) in [6, 6.07) is 6.73. The standard InChI is InChI=1S/C20H20F3N3O4S/c1-10-7-14(30-26-19(27)11-5-6-11)18(12-9-13(12)20(21,22)23)15(8-10)31(28,29)17-4-2-3-16(24)25-17/h2-4,7-8,11-13H,5-6,9H2,1H3,(H2,24,25)(H,26,27). The number of rotatable bonds is 6. The number of carbonyl (C=O) groups is 1. The Morgan fingerprint density at radius 1 is 1.26 bits per heavy atom. The van der Waals surface area contributed by atoms with Crippen LogP contribution in [0.4, 0.5) is 19.0 Å². The molecule has 0 radical (unpaired) electrons. The number of anilines is 1. The lowest BCUT2D eigenvalue weighted by atomic mass is 10.1. The number of pyridine rings is 1. The third-order valence-corrected chi connectivity index (χ3v) is 7.04. The molecule has 31 heavy (non-hydrogen) atoms. The van der Waals surface area contributed by atoms with Gasteiger partial charge in [-0.25, -0.2) is 13.4 Å². The number of hydrogen-bond acceptors (Lipinski definition) is 6. The lowest BCUT2D eigenvalue weighted by molar-refractivity contribution is -0.148. The molecule has 2 atom stereocenters. The maximum absolute atomic E-state index is 13.3. The van der Waals surface area contributed by atoms with Gasteiger partial charge in [-0.2, -0.15) is 18.7 Å². The lowest BCUT2D eigenvalue weighted by Crippen LogP contribution is -2.29. The average Bonchev–Trinajstić information content (AvgIpc) is 3.57. The Balaban J connectivity index is 1.81. The van der Waals surface area contributed by atoms with Crippen molar-refractivity contribution >= 4 is 21.6 Å². The molecule has 1 heterocycles. The Labute approximate surface area is 176 Å². The molecule has 1 aromatic heterocycles. The summed E-state index contributed by atoms with van der Waals surface area (Å²) in [5, 5.41) is -0.378. The average molecular weight is 455 g/mol. The Morgan fingerprint density at radius 2 is 1.97 bits per heavy atom. The quantitative estimate of drug-likeness (QED) is 0.647. The van der Waals surface area contributed by atoms with E-state index in [4.69, 9.17) is 10.6 Å². The Kier molecular flexibility index (Phi) is 5.11. The second-order valence-corrected chi connectivity index (χ2v) is 9.78. The number of sulfone groups is 1. The van der Waals surface area contributed by atoms with E-state index in [1.807, 2.05) is 0 Å². The minimum atomic E-state index is -4.49. The molecule has 0 saturated heterocycles. The predicted molar refractivity (Wildman–Crippen MR) is 104 cm³/mol. The van der Waals surface area contributed by atoms with E-state index >= 15 is 0 Å². The maximum Gasteiger partial charge on any atom is 0.392 e. The lowest BCUT2D eigenvalue weighted by Gasteiger charge is -2.17. The highest BCUT2D eigenvalue weighted by molar-refractivity contribution is 7.91. The van der Waals surface area contributed by atoms with Gasteiger partial charge in [-0.15, -0.1) is 0 Å². The Morgan fingerprint density at radius 3 is 2.55 bits per heavy atom.